The van der Waals surface area contributed by atoms with Crippen LogP contribution in [0.4, 0.5) is 0 Å². The number of aromatic hydroxyl groups is 1. The van der Waals surface area contributed by atoms with E-state index in [1.54, 1.807) is 13.2 Å². The molecule has 1 aromatic heterocycles. The molecule has 2 aromatic carbocycles. The van der Waals surface area contributed by atoms with Crippen LogP contribution >= 0.6 is 0 Å². The normalized spacial score (nSPS) is 15.5. The lowest BCUT2D eigenvalue weighted by Gasteiger charge is -2.26. The van der Waals surface area contributed by atoms with E-state index in [1.165, 1.54) is 5.56 Å². The van der Waals surface area contributed by atoms with Crippen molar-refractivity contribution in [2.75, 3.05) is 20.3 Å². The first kappa shape index (κ1) is 21.1. The van der Waals surface area contributed by atoms with Gasteiger partial charge in [0.15, 0.2) is 0 Å². The fraction of sp³-hybridized carbons (Fsp3) is 0.360. The van der Waals surface area contributed by atoms with Gasteiger partial charge in [-0.25, -0.2) is 0 Å². The van der Waals surface area contributed by atoms with Gasteiger partial charge in [0, 0.05) is 31.4 Å². The molecule has 2 heterocycles. The Balaban J connectivity index is 1.86. The highest BCUT2D eigenvalue weighted by Crippen LogP contribution is 2.45. The van der Waals surface area contributed by atoms with Gasteiger partial charge in [0.25, 0.3) is 5.91 Å². The fourth-order valence-electron chi connectivity index (χ4n) is 4.53. The largest absolute Gasteiger partial charge is 0.507 e. The predicted molar refractivity (Wildman–Crippen MR) is 120 cm³/mol. The molecular formula is C25H29N3O3. The second-order valence-corrected chi connectivity index (χ2v) is 8.18. The number of aromatic nitrogens is 2. The number of aromatic amines is 1. The van der Waals surface area contributed by atoms with Gasteiger partial charge in [-0.05, 0) is 55.0 Å². The number of carbonyl (C=O) groups excluding carboxylic acids is 1. The van der Waals surface area contributed by atoms with Crippen LogP contribution in [0.25, 0.3) is 11.3 Å². The van der Waals surface area contributed by atoms with Crippen LogP contribution in [0.3, 0.4) is 0 Å². The number of nitrogens with one attached hydrogen (secondary N) is 1. The molecule has 6 heteroatoms. The molecule has 2 N–H and O–H groups in total. The number of carbonyl (C=O) groups is 1. The number of methoxy groups -OCH3 is 1. The minimum atomic E-state index is -0.265. The molecule has 1 atom stereocenters. The number of rotatable bonds is 7. The summed E-state index contributed by atoms with van der Waals surface area (Å²) in [7, 11) is 1.67. The maximum absolute atomic E-state index is 13.3. The van der Waals surface area contributed by atoms with Crippen LogP contribution in [0, 0.1) is 13.8 Å². The Bertz CT molecular complexity index is 1080. The van der Waals surface area contributed by atoms with Gasteiger partial charge < -0.3 is 14.7 Å². The molecule has 0 saturated carbocycles. The van der Waals surface area contributed by atoms with Crippen molar-refractivity contribution < 1.29 is 14.6 Å². The first-order valence-corrected chi connectivity index (χ1v) is 10.7. The van der Waals surface area contributed by atoms with Gasteiger partial charge in [-0.15, -0.1) is 0 Å². The SMILES string of the molecule is CCc1ccc(C2c3c(-c4c(C)cc(C)cc4O)n[nH]c3C(=O)N2CCCOC)cc1. The topological polar surface area (TPSA) is 78.5 Å². The van der Waals surface area contributed by atoms with Crippen LogP contribution in [-0.2, 0) is 11.2 Å². The number of benzene rings is 2. The van der Waals surface area contributed by atoms with Gasteiger partial charge in [-0.3, -0.25) is 9.89 Å². The molecule has 0 saturated heterocycles. The summed E-state index contributed by atoms with van der Waals surface area (Å²) >= 11 is 0. The summed E-state index contributed by atoms with van der Waals surface area (Å²) in [6.45, 7) is 7.20. The number of ether oxygens (including phenoxy) is 1. The standard InChI is InChI=1S/C25H29N3O3/c1-5-17-7-9-18(10-8-17)24-21-22(20-16(3)13-15(2)14-19(20)29)26-27-23(21)25(30)28(24)11-6-12-31-4/h7-10,13-14,24,29H,5-6,11-12H2,1-4H3,(H,26,27). The second-order valence-electron chi connectivity index (χ2n) is 8.18. The zero-order valence-corrected chi connectivity index (χ0v) is 18.5. The molecule has 4 rings (SSSR count). The zero-order valence-electron chi connectivity index (χ0n) is 18.5. The maximum atomic E-state index is 13.3. The lowest BCUT2D eigenvalue weighted by atomic mass is 9.92. The van der Waals surface area contributed by atoms with Crippen molar-refractivity contribution in [1.29, 1.82) is 0 Å². The molecule has 0 spiro atoms. The highest BCUT2D eigenvalue weighted by molar-refractivity contribution is 6.00. The zero-order chi connectivity index (χ0) is 22.1. The van der Waals surface area contributed by atoms with Crippen LogP contribution in [-0.4, -0.2) is 46.4 Å². The highest BCUT2D eigenvalue weighted by atomic mass is 16.5. The Morgan fingerprint density at radius 1 is 1.19 bits per heavy atom. The third kappa shape index (κ3) is 3.72. The second kappa shape index (κ2) is 8.55. The Kier molecular flexibility index (Phi) is 5.83. The summed E-state index contributed by atoms with van der Waals surface area (Å²) in [5, 5.41) is 18.2. The first-order valence-electron chi connectivity index (χ1n) is 10.7. The highest BCUT2D eigenvalue weighted by Gasteiger charge is 2.42. The van der Waals surface area contributed by atoms with Crippen molar-refractivity contribution in [3.05, 3.63) is 69.9 Å². The van der Waals surface area contributed by atoms with E-state index in [0.29, 0.717) is 30.1 Å². The van der Waals surface area contributed by atoms with E-state index in [0.717, 1.165) is 35.1 Å². The Hall–Kier alpha value is -3.12. The molecule has 1 aliphatic rings. The van der Waals surface area contributed by atoms with Crippen LogP contribution in [0.15, 0.2) is 36.4 Å². The average molecular weight is 420 g/mol. The van der Waals surface area contributed by atoms with Gasteiger partial charge in [0.1, 0.15) is 17.1 Å². The number of hydrogen-bond donors (Lipinski definition) is 2. The maximum Gasteiger partial charge on any atom is 0.273 e. The van der Waals surface area contributed by atoms with Crippen LogP contribution in [0.5, 0.6) is 5.75 Å². The molecule has 162 valence electrons. The number of phenolic OH excluding ortho intramolecular Hbond substituents is 1. The predicted octanol–water partition coefficient (Wildman–Crippen LogP) is 4.54. The number of aryl methyl sites for hydroxylation is 3. The van der Waals surface area contributed by atoms with Gasteiger partial charge in [-0.2, -0.15) is 5.10 Å². The summed E-state index contributed by atoms with van der Waals surface area (Å²) < 4.78 is 5.21. The summed E-state index contributed by atoms with van der Waals surface area (Å²) in [5.74, 6) is 0.107. The van der Waals surface area contributed by atoms with E-state index in [1.807, 2.05) is 24.8 Å². The molecule has 31 heavy (non-hydrogen) atoms. The van der Waals surface area contributed by atoms with Crippen molar-refractivity contribution in [1.82, 2.24) is 15.1 Å². The number of nitrogens with zero attached hydrogens (tertiary/aromatic N) is 2. The minimum Gasteiger partial charge on any atom is -0.507 e. The fourth-order valence-corrected chi connectivity index (χ4v) is 4.53. The number of amides is 1. The van der Waals surface area contributed by atoms with Crippen LogP contribution in [0.2, 0.25) is 0 Å². The van der Waals surface area contributed by atoms with E-state index < -0.39 is 0 Å². The third-order valence-electron chi connectivity index (χ3n) is 6.01. The quantitative estimate of drug-likeness (QED) is 0.551. The van der Waals surface area contributed by atoms with Gasteiger partial charge >= 0.3 is 0 Å². The molecule has 1 unspecified atom stereocenters. The average Bonchev–Trinajstić information content (AvgIpc) is 3.27. The van der Waals surface area contributed by atoms with E-state index in [-0.39, 0.29) is 17.7 Å². The van der Waals surface area contributed by atoms with Crippen molar-refractivity contribution in [3.8, 4) is 17.0 Å². The number of fused-ring (bicyclic) bond motifs is 1. The van der Waals surface area contributed by atoms with Gasteiger partial charge in [0.05, 0.1) is 6.04 Å². The van der Waals surface area contributed by atoms with E-state index in [9.17, 15) is 9.90 Å². The Morgan fingerprint density at radius 3 is 2.58 bits per heavy atom. The van der Waals surface area contributed by atoms with Gasteiger partial charge in [0.2, 0.25) is 0 Å². The lowest BCUT2D eigenvalue weighted by Crippen LogP contribution is -2.31. The van der Waals surface area contributed by atoms with Crippen molar-refractivity contribution >= 4 is 5.91 Å². The molecule has 0 radical (unpaired) electrons. The smallest absolute Gasteiger partial charge is 0.273 e. The summed E-state index contributed by atoms with van der Waals surface area (Å²) in [5.41, 5.74) is 6.83. The van der Waals surface area contributed by atoms with Gasteiger partial charge in [-0.1, -0.05) is 37.3 Å². The Labute approximate surface area is 182 Å². The molecule has 6 nitrogen and oxygen atoms in total. The monoisotopic (exact) mass is 419 g/mol. The first-order chi connectivity index (χ1) is 15.0. The molecule has 1 aliphatic heterocycles. The molecule has 0 bridgehead atoms. The van der Waals surface area contributed by atoms with Crippen LogP contribution in [0.1, 0.15) is 57.7 Å². The van der Waals surface area contributed by atoms with Crippen molar-refractivity contribution in [2.45, 2.75) is 39.7 Å². The lowest BCUT2D eigenvalue weighted by molar-refractivity contribution is 0.0723. The van der Waals surface area contributed by atoms with Crippen molar-refractivity contribution in [2.24, 2.45) is 0 Å². The van der Waals surface area contributed by atoms with Crippen LogP contribution < -0.4 is 0 Å². The van der Waals surface area contributed by atoms with E-state index in [2.05, 4.69) is 41.4 Å². The third-order valence-corrected chi connectivity index (χ3v) is 6.01. The van der Waals surface area contributed by atoms with Crippen molar-refractivity contribution in [3.63, 3.8) is 0 Å². The van der Waals surface area contributed by atoms with E-state index >= 15 is 0 Å². The minimum absolute atomic E-state index is 0.0707. The summed E-state index contributed by atoms with van der Waals surface area (Å²) in [4.78, 5) is 15.2. The summed E-state index contributed by atoms with van der Waals surface area (Å²) in [6, 6.07) is 11.9. The molecular weight excluding hydrogens is 390 g/mol. The number of hydrogen-bond acceptors (Lipinski definition) is 4. The molecule has 3 aromatic rings. The molecule has 0 aliphatic carbocycles. The summed E-state index contributed by atoms with van der Waals surface area (Å²) in [6.07, 6.45) is 1.70. The molecule has 0 fully saturated rings. The number of H-pyrrole nitrogens is 1. The Morgan fingerprint density at radius 2 is 1.94 bits per heavy atom. The van der Waals surface area contributed by atoms with E-state index in [4.69, 9.17) is 4.74 Å². The molecule has 1 amide bonds. The number of phenols is 1.